The molecule has 0 radical (unpaired) electrons. The number of rotatable bonds is 1. The van der Waals surface area contributed by atoms with Gasteiger partial charge in [0.15, 0.2) is 11.5 Å². The van der Waals surface area contributed by atoms with Crippen molar-refractivity contribution in [2.45, 2.75) is 0 Å². The van der Waals surface area contributed by atoms with Gasteiger partial charge in [0.25, 0.3) is 0 Å². The molecule has 0 aliphatic rings. The lowest BCUT2D eigenvalue weighted by molar-refractivity contribution is 0.629. The van der Waals surface area contributed by atoms with Gasteiger partial charge in [-0.2, -0.15) is 9.61 Å². The van der Waals surface area contributed by atoms with E-state index in [0.29, 0.717) is 17.2 Å². The molecule has 0 saturated carbocycles. The molecule has 0 spiro atoms. The predicted octanol–water partition coefficient (Wildman–Crippen LogP) is 1.51. The second-order valence-corrected chi connectivity index (χ2v) is 3.52. The van der Waals surface area contributed by atoms with E-state index in [4.69, 9.17) is 5.73 Å². The number of benzene rings is 1. The van der Waals surface area contributed by atoms with Gasteiger partial charge in [0.05, 0.1) is 5.56 Å². The second-order valence-electron chi connectivity index (χ2n) is 3.52. The highest BCUT2D eigenvalue weighted by Crippen LogP contribution is 2.26. The van der Waals surface area contributed by atoms with E-state index in [-0.39, 0.29) is 5.56 Å². The van der Waals surface area contributed by atoms with E-state index in [1.807, 2.05) is 0 Å². The van der Waals surface area contributed by atoms with Crippen molar-refractivity contribution in [1.29, 1.82) is 0 Å². The Labute approximate surface area is 95.7 Å². The molecular weight excluding hydrogens is 221 g/mol. The van der Waals surface area contributed by atoms with Crippen LogP contribution in [0.25, 0.3) is 17.0 Å². The largest absolute Gasteiger partial charge is 0.398 e. The van der Waals surface area contributed by atoms with E-state index in [0.717, 1.165) is 0 Å². The summed E-state index contributed by atoms with van der Waals surface area (Å²) in [5.74, 6) is -0.138. The quantitative estimate of drug-likeness (QED) is 0.642. The minimum Gasteiger partial charge on any atom is -0.398 e. The van der Waals surface area contributed by atoms with E-state index in [1.165, 1.54) is 10.6 Å². The smallest absolute Gasteiger partial charge is 0.190 e. The Balaban J connectivity index is 2.35. The first-order valence-electron chi connectivity index (χ1n) is 4.98. The van der Waals surface area contributed by atoms with Crippen LogP contribution in [0.4, 0.5) is 10.1 Å². The summed E-state index contributed by atoms with van der Waals surface area (Å²) >= 11 is 0. The molecule has 0 amide bonds. The average Bonchev–Trinajstić information content (AvgIpc) is 2.73. The molecule has 0 atom stereocenters. The van der Waals surface area contributed by atoms with Crippen LogP contribution in [0.3, 0.4) is 0 Å². The number of hydrogen-bond acceptors (Lipinski definition) is 4. The Morgan fingerprint density at radius 1 is 1.12 bits per heavy atom. The SMILES string of the molecule is Nc1cccc(F)c1-c1nnc2cccnn12. The molecule has 6 heteroatoms. The maximum absolute atomic E-state index is 13.8. The Hall–Kier alpha value is -2.50. The van der Waals surface area contributed by atoms with Crippen molar-refractivity contribution >= 4 is 11.3 Å². The van der Waals surface area contributed by atoms with Crippen LogP contribution in [0, 0.1) is 5.82 Å². The number of nitrogen functional groups attached to an aromatic ring is 1. The Kier molecular flexibility index (Phi) is 2.01. The van der Waals surface area contributed by atoms with E-state index in [1.54, 1.807) is 30.5 Å². The first-order valence-corrected chi connectivity index (χ1v) is 4.98. The average molecular weight is 229 g/mol. The third-order valence-corrected chi connectivity index (χ3v) is 2.45. The molecule has 0 saturated heterocycles. The normalized spacial score (nSPS) is 10.9. The van der Waals surface area contributed by atoms with Gasteiger partial charge >= 0.3 is 0 Å². The minimum absolute atomic E-state index is 0.221. The third-order valence-electron chi connectivity index (χ3n) is 2.45. The van der Waals surface area contributed by atoms with Crippen LogP contribution < -0.4 is 5.73 Å². The number of nitrogens with two attached hydrogens (primary N) is 1. The molecule has 2 heterocycles. The maximum Gasteiger partial charge on any atom is 0.190 e. The molecule has 3 aromatic rings. The van der Waals surface area contributed by atoms with Crippen molar-refractivity contribution in [3.05, 3.63) is 42.3 Å². The predicted molar refractivity (Wildman–Crippen MR) is 60.6 cm³/mol. The van der Waals surface area contributed by atoms with Crippen molar-refractivity contribution in [3.8, 4) is 11.4 Å². The highest BCUT2D eigenvalue weighted by molar-refractivity contribution is 5.73. The van der Waals surface area contributed by atoms with Crippen molar-refractivity contribution in [2.75, 3.05) is 5.73 Å². The molecule has 5 nitrogen and oxygen atoms in total. The molecule has 0 aliphatic heterocycles. The van der Waals surface area contributed by atoms with Gasteiger partial charge in [-0.25, -0.2) is 4.39 Å². The summed E-state index contributed by atoms with van der Waals surface area (Å²) in [7, 11) is 0. The number of halogens is 1. The number of nitrogens with zero attached hydrogens (tertiary/aromatic N) is 4. The van der Waals surface area contributed by atoms with Gasteiger partial charge in [0.1, 0.15) is 5.82 Å². The number of aromatic nitrogens is 4. The van der Waals surface area contributed by atoms with Crippen LogP contribution in [0.1, 0.15) is 0 Å². The zero-order valence-corrected chi connectivity index (χ0v) is 8.71. The summed E-state index contributed by atoms with van der Waals surface area (Å²) in [4.78, 5) is 0. The highest BCUT2D eigenvalue weighted by Gasteiger charge is 2.15. The molecular formula is C11H8FN5. The summed E-state index contributed by atoms with van der Waals surface area (Å²) in [5.41, 5.74) is 6.83. The summed E-state index contributed by atoms with van der Waals surface area (Å²) < 4.78 is 15.2. The van der Waals surface area contributed by atoms with Gasteiger partial charge in [-0.15, -0.1) is 10.2 Å². The lowest BCUT2D eigenvalue weighted by Gasteiger charge is -2.03. The Morgan fingerprint density at radius 3 is 2.82 bits per heavy atom. The van der Waals surface area contributed by atoms with Gasteiger partial charge in [0.2, 0.25) is 0 Å². The number of anilines is 1. The zero-order chi connectivity index (χ0) is 11.8. The number of fused-ring (bicyclic) bond motifs is 1. The minimum atomic E-state index is -0.440. The van der Waals surface area contributed by atoms with Crippen LogP contribution >= 0.6 is 0 Å². The molecule has 2 aromatic heterocycles. The fraction of sp³-hybridized carbons (Fsp3) is 0. The number of hydrogen-bond donors (Lipinski definition) is 1. The van der Waals surface area contributed by atoms with Crippen molar-refractivity contribution in [2.24, 2.45) is 0 Å². The summed E-state index contributed by atoms with van der Waals surface area (Å²) in [6, 6.07) is 7.96. The maximum atomic E-state index is 13.8. The highest BCUT2D eigenvalue weighted by atomic mass is 19.1. The monoisotopic (exact) mass is 229 g/mol. The summed E-state index contributed by atoms with van der Waals surface area (Å²) in [6.45, 7) is 0. The third kappa shape index (κ3) is 1.42. The topological polar surface area (TPSA) is 69.1 Å². The molecule has 3 rings (SSSR count). The van der Waals surface area contributed by atoms with Crippen LogP contribution in [-0.2, 0) is 0 Å². The molecule has 0 unspecified atom stereocenters. The van der Waals surface area contributed by atoms with Crippen LogP contribution in [-0.4, -0.2) is 19.8 Å². The molecule has 1 aromatic carbocycles. The van der Waals surface area contributed by atoms with Crippen molar-refractivity contribution in [3.63, 3.8) is 0 Å². The van der Waals surface area contributed by atoms with Crippen LogP contribution in [0.2, 0.25) is 0 Å². The molecule has 0 bridgehead atoms. The van der Waals surface area contributed by atoms with Gasteiger partial charge < -0.3 is 5.73 Å². The Morgan fingerprint density at radius 2 is 2.00 bits per heavy atom. The van der Waals surface area contributed by atoms with Crippen LogP contribution in [0.15, 0.2) is 36.5 Å². The van der Waals surface area contributed by atoms with Crippen LogP contribution in [0.5, 0.6) is 0 Å². The van der Waals surface area contributed by atoms with E-state index in [2.05, 4.69) is 15.3 Å². The molecule has 0 aliphatic carbocycles. The fourth-order valence-electron chi connectivity index (χ4n) is 1.68. The molecule has 84 valence electrons. The first-order chi connectivity index (χ1) is 8.27. The van der Waals surface area contributed by atoms with Gasteiger partial charge in [-0.3, -0.25) is 0 Å². The molecule has 2 N–H and O–H groups in total. The summed E-state index contributed by atoms with van der Waals surface area (Å²) in [5, 5.41) is 11.9. The van der Waals surface area contributed by atoms with E-state index in [9.17, 15) is 4.39 Å². The van der Waals surface area contributed by atoms with E-state index >= 15 is 0 Å². The van der Waals surface area contributed by atoms with Crippen molar-refractivity contribution < 1.29 is 4.39 Å². The van der Waals surface area contributed by atoms with Gasteiger partial charge in [0, 0.05) is 11.9 Å². The fourth-order valence-corrected chi connectivity index (χ4v) is 1.68. The second kappa shape index (κ2) is 3.51. The Bertz CT molecular complexity index is 671. The standard InChI is InChI=1S/C11H8FN5/c12-7-3-1-4-8(13)10(7)11-16-15-9-5-2-6-14-17(9)11/h1-6H,13H2. The zero-order valence-electron chi connectivity index (χ0n) is 8.71. The lowest BCUT2D eigenvalue weighted by Crippen LogP contribution is -1.99. The van der Waals surface area contributed by atoms with Crippen molar-refractivity contribution in [1.82, 2.24) is 19.8 Å². The molecule has 0 fully saturated rings. The van der Waals surface area contributed by atoms with E-state index < -0.39 is 5.82 Å². The lowest BCUT2D eigenvalue weighted by atomic mass is 10.1. The van der Waals surface area contributed by atoms with Gasteiger partial charge in [-0.1, -0.05) is 6.07 Å². The van der Waals surface area contributed by atoms with Gasteiger partial charge in [-0.05, 0) is 24.3 Å². The first kappa shape index (κ1) is 9.71. The molecule has 17 heavy (non-hydrogen) atoms. The summed E-state index contributed by atoms with van der Waals surface area (Å²) in [6.07, 6.45) is 1.58.